The molecule has 3 atom stereocenters. The summed E-state index contributed by atoms with van der Waals surface area (Å²) in [6.07, 6.45) is 6.57. The largest absolute Gasteiger partial charge is 0.490 e. The summed E-state index contributed by atoms with van der Waals surface area (Å²) in [4.78, 5) is 11.5. The third-order valence-corrected chi connectivity index (χ3v) is 6.61. The second-order valence-electron chi connectivity index (χ2n) is 8.14. The van der Waals surface area contributed by atoms with Crippen LogP contribution in [0.3, 0.4) is 0 Å². The Kier molecular flexibility index (Phi) is 5.48. The zero-order chi connectivity index (χ0) is 20.6. The quantitative estimate of drug-likeness (QED) is 0.567. The lowest BCUT2D eigenvalue weighted by molar-refractivity contribution is -0.112. The molecule has 2 nitrogen and oxygen atoms in total. The number of hydrogen-bond acceptors (Lipinski definition) is 2. The number of hydrogen-bond donors (Lipinski definition) is 0. The summed E-state index contributed by atoms with van der Waals surface area (Å²) in [7, 11) is 0. The van der Waals surface area contributed by atoms with Crippen LogP contribution in [0.5, 0.6) is 5.75 Å². The van der Waals surface area contributed by atoms with E-state index in [0.717, 1.165) is 30.9 Å². The molecule has 0 bridgehead atoms. The van der Waals surface area contributed by atoms with Gasteiger partial charge in [0.1, 0.15) is 5.82 Å². The Hall–Kier alpha value is -2.20. The predicted octanol–water partition coefficient (Wildman–Crippen LogP) is 6.05. The average Bonchev–Trinajstić information content (AvgIpc) is 2.70. The maximum atomic E-state index is 15.1. The number of carbonyl (C=O) groups excluding carboxylic acids is 1. The Balaban J connectivity index is 1.85. The third kappa shape index (κ3) is 3.71. The molecule has 0 N–H and O–H groups in total. The third-order valence-electron chi connectivity index (χ3n) is 6.36. The smallest absolute Gasteiger partial charge is 0.165 e. The van der Waals surface area contributed by atoms with Crippen LogP contribution < -0.4 is 4.74 Å². The molecule has 0 radical (unpaired) electrons. The van der Waals surface area contributed by atoms with Crippen LogP contribution in [-0.4, -0.2) is 12.4 Å². The van der Waals surface area contributed by atoms with Crippen LogP contribution in [0, 0.1) is 23.5 Å². The molecule has 1 aliphatic heterocycles. The zero-order valence-electron chi connectivity index (χ0n) is 16.3. The van der Waals surface area contributed by atoms with E-state index in [-0.39, 0.29) is 23.4 Å². The van der Waals surface area contributed by atoms with Crippen molar-refractivity contribution in [2.24, 2.45) is 11.8 Å². The van der Waals surface area contributed by atoms with E-state index in [2.05, 4.69) is 0 Å². The Morgan fingerprint density at radius 1 is 1.21 bits per heavy atom. The van der Waals surface area contributed by atoms with Crippen LogP contribution in [0.4, 0.5) is 8.78 Å². The molecular weight excluding hydrogens is 394 g/mol. The zero-order valence-corrected chi connectivity index (χ0v) is 17.0. The molecule has 0 aromatic heterocycles. The number of halogens is 3. The number of ether oxygens (including phenoxy) is 1. The lowest BCUT2D eigenvalue weighted by Gasteiger charge is -2.51. The molecule has 2 aliphatic rings. The van der Waals surface area contributed by atoms with Crippen molar-refractivity contribution in [3.05, 3.63) is 76.3 Å². The summed E-state index contributed by atoms with van der Waals surface area (Å²) in [5.41, 5.74) is 0.759. The molecular formula is C24H23ClF2O2. The first kappa shape index (κ1) is 20.1. The average molecular weight is 417 g/mol. The minimum atomic E-state index is -0.600. The van der Waals surface area contributed by atoms with E-state index >= 15 is 4.39 Å². The lowest BCUT2D eigenvalue weighted by Crippen LogP contribution is -2.50. The topological polar surface area (TPSA) is 26.3 Å². The van der Waals surface area contributed by atoms with Crippen molar-refractivity contribution in [1.29, 1.82) is 0 Å². The van der Waals surface area contributed by atoms with E-state index in [0.29, 0.717) is 23.6 Å². The molecule has 4 rings (SSSR count). The number of ketones is 1. The number of carbonyl (C=O) groups is 1. The Bertz CT molecular complexity index is 954. The standard InChI is InChI=1S/C24H23ClF2O2/c1-15(28)4-7-17-3-2-12-24(13-16-5-8-18(25)9-6-16)19(17)14-29-23-21(27)11-10-20(26)22(23)24/h4-11,17,19H,2-3,12-14H2,1H3/b7-4+/t17-,19?,24-/m0/s1. The maximum Gasteiger partial charge on any atom is 0.165 e. The van der Waals surface area contributed by atoms with E-state index in [1.54, 1.807) is 6.08 Å². The summed E-state index contributed by atoms with van der Waals surface area (Å²) in [6, 6.07) is 9.84. The van der Waals surface area contributed by atoms with Crippen LogP contribution in [-0.2, 0) is 16.6 Å². The second-order valence-corrected chi connectivity index (χ2v) is 8.57. The number of rotatable bonds is 4. The maximum absolute atomic E-state index is 15.1. The van der Waals surface area contributed by atoms with Gasteiger partial charge in [-0.05, 0) is 68.0 Å². The van der Waals surface area contributed by atoms with Crippen LogP contribution in [0.15, 0.2) is 48.6 Å². The van der Waals surface area contributed by atoms with E-state index in [1.807, 2.05) is 30.3 Å². The molecule has 152 valence electrons. The monoisotopic (exact) mass is 416 g/mol. The minimum Gasteiger partial charge on any atom is -0.490 e. The Morgan fingerprint density at radius 2 is 1.93 bits per heavy atom. The molecule has 1 saturated carbocycles. The molecule has 5 heteroatoms. The van der Waals surface area contributed by atoms with Gasteiger partial charge >= 0.3 is 0 Å². The molecule has 1 heterocycles. The van der Waals surface area contributed by atoms with Crippen molar-refractivity contribution in [2.45, 2.75) is 38.0 Å². The van der Waals surface area contributed by atoms with Crippen molar-refractivity contribution in [2.75, 3.05) is 6.61 Å². The lowest BCUT2D eigenvalue weighted by atomic mass is 9.55. The number of allylic oxidation sites excluding steroid dienone is 2. The molecule has 2 aromatic rings. The predicted molar refractivity (Wildman–Crippen MR) is 109 cm³/mol. The molecule has 1 aliphatic carbocycles. The number of benzene rings is 2. The first-order valence-electron chi connectivity index (χ1n) is 9.95. The molecule has 1 fully saturated rings. The van der Waals surface area contributed by atoms with Crippen molar-refractivity contribution in [1.82, 2.24) is 0 Å². The highest BCUT2D eigenvalue weighted by Gasteiger charge is 2.52. The van der Waals surface area contributed by atoms with Crippen molar-refractivity contribution in [3.63, 3.8) is 0 Å². The van der Waals surface area contributed by atoms with Crippen molar-refractivity contribution in [3.8, 4) is 5.75 Å². The fourth-order valence-electron chi connectivity index (χ4n) is 5.12. The summed E-state index contributed by atoms with van der Waals surface area (Å²) in [5, 5.41) is 0.637. The van der Waals surface area contributed by atoms with Crippen LogP contribution in [0.1, 0.15) is 37.3 Å². The van der Waals surface area contributed by atoms with Gasteiger partial charge in [0.05, 0.1) is 6.61 Å². The van der Waals surface area contributed by atoms with Crippen LogP contribution in [0.25, 0.3) is 0 Å². The van der Waals surface area contributed by atoms with Gasteiger partial charge in [-0.15, -0.1) is 0 Å². The normalized spacial score (nSPS) is 25.9. The fraction of sp³-hybridized carbons (Fsp3) is 0.375. The summed E-state index contributed by atoms with van der Waals surface area (Å²) >= 11 is 6.04. The molecule has 29 heavy (non-hydrogen) atoms. The number of fused-ring (bicyclic) bond motifs is 3. The summed E-state index contributed by atoms with van der Waals surface area (Å²) in [6.45, 7) is 1.82. The van der Waals surface area contributed by atoms with Gasteiger partial charge in [-0.3, -0.25) is 4.79 Å². The highest BCUT2D eigenvalue weighted by atomic mass is 35.5. The van der Waals surface area contributed by atoms with E-state index in [9.17, 15) is 9.18 Å². The van der Waals surface area contributed by atoms with Gasteiger partial charge in [0.15, 0.2) is 17.3 Å². The van der Waals surface area contributed by atoms with Gasteiger partial charge in [-0.25, -0.2) is 8.78 Å². The Labute approximate surface area is 174 Å². The molecule has 0 saturated heterocycles. The molecule has 1 unspecified atom stereocenters. The Morgan fingerprint density at radius 3 is 2.66 bits per heavy atom. The first-order chi connectivity index (χ1) is 13.9. The van der Waals surface area contributed by atoms with Gasteiger partial charge < -0.3 is 4.74 Å². The molecule has 0 spiro atoms. The van der Waals surface area contributed by atoms with Crippen LogP contribution >= 0.6 is 11.6 Å². The molecule has 2 aromatic carbocycles. The van der Waals surface area contributed by atoms with E-state index in [4.69, 9.17) is 16.3 Å². The van der Waals surface area contributed by atoms with Crippen LogP contribution in [0.2, 0.25) is 5.02 Å². The highest BCUT2D eigenvalue weighted by Crippen LogP contribution is 2.55. The highest BCUT2D eigenvalue weighted by molar-refractivity contribution is 6.30. The summed E-state index contributed by atoms with van der Waals surface area (Å²) < 4.78 is 35.5. The minimum absolute atomic E-state index is 0.0202. The van der Waals surface area contributed by atoms with Gasteiger partial charge in [-0.2, -0.15) is 0 Å². The van der Waals surface area contributed by atoms with Gasteiger partial charge in [0.2, 0.25) is 0 Å². The summed E-state index contributed by atoms with van der Waals surface area (Å²) in [5.74, 6) is -0.935. The molecule has 0 amide bonds. The van der Waals surface area contributed by atoms with Crippen molar-refractivity contribution < 1.29 is 18.3 Å². The van der Waals surface area contributed by atoms with Gasteiger partial charge in [0, 0.05) is 21.9 Å². The SMILES string of the molecule is CC(=O)/C=C/[C@@H]1CCC[C@@]2(Cc3ccc(Cl)cc3)c3c(F)ccc(F)c3OCC12. The first-order valence-corrected chi connectivity index (χ1v) is 10.3. The second kappa shape index (κ2) is 7.91. The van der Waals surface area contributed by atoms with E-state index < -0.39 is 17.0 Å². The van der Waals surface area contributed by atoms with Crippen molar-refractivity contribution >= 4 is 17.4 Å². The van der Waals surface area contributed by atoms with E-state index in [1.165, 1.54) is 13.0 Å². The van der Waals surface area contributed by atoms with Gasteiger partial charge in [0.25, 0.3) is 0 Å². The fourth-order valence-corrected chi connectivity index (χ4v) is 5.24. The van der Waals surface area contributed by atoms with Gasteiger partial charge in [-0.1, -0.05) is 36.2 Å².